The van der Waals surface area contributed by atoms with Crippen LogP contribution in [-0.2, 0) is 15.4 Å². The Labute approximate surface area is 176 Å². The van der Waals surface area contributed by atoms with Gasteiger partial charge in [0.2, 0.25) is 5.89 Å². The summed E-state index contributed by atoms with van der Waals surface area (Å²) in [4.78, 5) is 4.72. The molecule has 1 heterocycles. The second-order valence-electron chi connectivity index (χ2n) is 8.45. The van der Waals surface area contributed by atoms with Gasteiger partial charge in [0, 0.05) is 11.6 Å². The largest absolute Gasteiger partial charge is 0.436 e. The van der Waals surface area contributed by atoms with Crippen LogP contribution in [0.25, 0.3) is 22.6 Å². The summed E-state index contributed by atoms with van der Waals surface area (Å²) in [6.45, 7) is 8.28. The fraction of sp³-hybridized carbons (Fsp3) is 0.208. The zero-order valence-corrected chi connectivity index (χ0v) is 18.2. The summed E-state index contributed by atoms with van der Waals surface area (Å²) in [6.07, 6.45) is 0. The summed E-state index contributed by atoms with van der Waals surface area (Å²) in [7, 11) is -3.71. The highest BCUT2D eigenvalue weighted by molar-refractivity contribution is 7.92. The zero-order chi connectivity index (χ0) is 21.5. The topological polar surface area (TPSA) is 72.2 Å². The number of rotatable bonds is 4. The number of benzene rings is 3. The number of aromatic nitrogens is 1. The standard InChI is InChI=1S/C24H24N2O3S/c1-16-6-5-7-17(14-16)23-25-21-13-10-19(15-22(21)29-23)26-30(27,28)20-11-8-18(9-12-20)24(2,3)4/h5-15,26H,1-4H3. The van der Waals surface area contributed by atoms with Crippen molar-refractivity contribution < 1.29 is 12.8 Å². The lowest BCUT2D eigenvalue weighted by molar-refractivity contribution is 0.587. The van der Waals surface area contributed by atoms with Crippen molar-refractivity contribution in [2.45, 2.75) is 38.0 Å². The summed E-state index contributed by atoms with van der Waals surface area (Å²) in [5, 5.41) is 0. The number of sulfonamides is 1. The summed E-state index contributed by atoms with van der Waals surface area (Å²) >= 11 is 0. The van der Waals surface area contributed by atoms with E-state index in [4.69, 9.17) is 4.42 Å². The minimum atomic E-state index is -3.71. The van der Waals surface area contributed by atoms with Crippen molar-refractivity contribution in [1.29, 1.82) is 0 Å². The molecule has 1 N–H and O–H groups in total. The third kappa shape index (κ3) is 4.09. The molecule has 3 aromatic carbocycles. The van der Waals surface area contributed by atoms with Crippen LogP contribution in [0.2, 0.25) is 0 Å². The van der Waals surface area contributed by atoms with Gasteiger partial charge in [-0.25, -0.2) is 13.4 Å². The Hall–Kier alpha value is -3.12. The maximum absolute atomic E-state index is 12.8. The van der Waals surface area contributed by atoms with Crippen molar-refractivity contribution in [3.05, 3.63) is 77.9 Å². The normalized spacial score (nSPS) is 12.3. The first-order valence-electron chi connectivity index (χ1n) is 9.73. The monoisotopic (exact) mass is 420 g/mol. The van der Waals surface area contributed by atoms with Crippen LogP contribution in [0.1, 0.15) is 31.9 Å². The molecular formula is C24H24N2O3S. The van der Waals surface area contributed by atoms with E-state index in [-0.39, 0.29) is 10.3 Å². The van der Waals surface area contributed by atoms with Crippen LogP contribution in [0.4, 0.5) is 5.69 Å². The number of hydrogen-bond donors (Lipinski definition) is 1. The number of oxazole rings is 1. The van der Waals surface area contributed by atoms with Gasteiger partial charge in [0.1, 0.15) is 5.52 Å². The van der Waals surface area contributed by atoms with Crippen molar-refractivity contribution in [2.24, 2.45) is 0 Å². The number of anilines is 1. The van der Waals surface area contributed by atoms with Crippen molar-refractivity contribution in [2.75, 3.05) is 4.72 Å². The molecule has 1 aromatic heterocycles. The van der Waals surface area contributed by atoms with Crippen LogP contribution in [0.5, 0.6) is 0 Å². The fourth-order valence-corrected chi connectivity index (χ4v) is 4.29. The van der Waals surface area contributed by atoms with Gasteiger partial charge in [-0.3, -0.25) is 4.72 Å². The second-order valence-corrected chi connectivity index (χ2v) is 10.1. The first-order valence-corrected chi connectivity index (χ1v) is 11.2. The molecule has 6 heteroatoms. The molecule has 0 fully saturated rings. The summed E-state index contributed by atoms with van der Waals surface area (Å²) in [5.74, 6) is 0.506. The Morgan fingerprint density at radius 1 is 0.933 bits per heavy atom. The van der Waals surface area contributed by atoms with E-state index in [0.29, 0.717) is 22.7 Å². The molecule has 0 spiro atoms. The van der Waals surface area contributed by atoms with Crippen LogP contribution >= 0.6 is 0 Å². The molecule has 0 amide bonds. The van der Waals surface area contributed by atoms with E-state index in [0.717, 1.165) is 16.7 Å². The number of nitrogens with one attached hydrogen (secondary N) is 1. The molecule has 0 unspecified atom stereocenters. The molecule has 0 radical (unpaired) electrons. The van der Waals surface area contributed by atoms with Gasteiger partial charge in [-0.2, -0.15) is 0 Å². The molecule has 0 saturated carbocycles. The van der Waals surface area contributed by atoms with Crippen LogP contribution in [0.15, 0.2) is 76.0 Å². The van der Waals surface area contributed by atoms with Crippen molar-refractivity contribution in [3.8, 4) is 11.5 Å². The van der Waals surface area contributed by atoms with Gasteiger partial charge in [-0.1, -0.05) is 50.6 Å². The van der Waals surface area contributed by atoms with Gasteiger partial charge in [0.25, 0.3) is 10.0 Å². The average Bonchev–Trinajstić information content (AvgIpc) is 3.10. The fourth-order valence-electron chi connectivity index (χ4n) is 3.24. The van der Waals surface area contributed by atoms with E-state index in [1.54, 1.807) is 30.3 Å². The van der Waals surface area contributed by atoms with Gasteiger partial charge in [0.05, 0.1) is 10.6 Å². The van der Waals surface area contributed by atoms with E-state index < -0.39 is 10.0 Å². The SMILES string of the molecule is Cc1cccc(-c2nc3ccc(NS(=O)(=O)c4ccc(C(C)(C)C)cc4)cc3o2)c1. The predicted octanol–water partition coefficient (Wildman–Crippen LogP) is 5.90. The highest BCUT2D eigenvalue weighted by Crippen LogP contribution is 2.28. The summed E-state index contributed by atoms with van der Waals surface area (Å²) in [6, 6.07) is 19.9. The first kappa shape index (κ1) is 20.2. The third-order valence-corrected chi connectivity index (χ3v) is 6.33. The van der Waals surface area contributed by atoms with Crippen molar-refractivity contribution >= 4 is 26.8 Å². The first-order chi connectivity index (χ1) is 14.1. The van der Waals surface area contributed by atoms with Crippen LogP contribution in [0, 0.1) is 6.92 Å². The summed E-state index contributed by atoms with van der Waals surface area (Å²) in [5.41, 5.74) is 4.65. The molecule has 154 valence electrons. The highest BCUT2D eigenvalue weighted by Gasteiger charge is 2.18. The average molecular weight is 421 g/mol. The Kier molecular flexibility index (Phi) is 4.90. The number of nitrogens with zero attached hydrogens (tertiary/aromatic N) is 1. The molecular weight excluding hydrogens is 396 g/mol. The van der Waals surface area contributed by atoms with E-state index in [1.807, 2.05) is 43.3 Å². The lowest BCUT2D eigenvalue weighted by Crippen LogP contribution is -2.14. The molecule has 0 saturated heterocycles. The predicted molar refractivity (Wildman–Crippen MR) is 120 cm³/mol. The molecule has 0 bridgehead atoms. The number of fused-ring (bicyclic) bond motifs is 1. The molecule has 4 rings (SSSR count). The quantitative estimate of drug-likeness (QED) is 0.446. The third-order valence-electron chi connectivity index (χ3n) is 4.94. The Balaban J connectivity index is 1.62. The van der Waals surface area contributed by atoms with E-state index in [1.165, 1.54) is 0 Å². The Morgan fingerprint density at radius 3 is 2.33 bits per heavy atom. The number of aryl methyl sites for hydroxylation is 1. The molecule has 0 aliphatic rings. The van der Waals surface area contributed by atoms with Gasteiger partial charge in [-0.15, -0.1) is 0 Å². The van der Waals surface area contributed by atoms with Crippen molar-refractivity contribution in [3.63, 3.8) is 0 Å². The van der Waals surface area contributed by atoms with Gasteiger partial charge in [0.15, 0.2) is 5.58 Å². The summed E-state index contributed by atoms with van der Waals surface area (Å²) < 4.78 is 34.1. The Bertz CT molecular complexity index is 1310. The van der Waals surface area contributed by atoms with E-state index >= 15 is 0 Å². The lowest BCUT2D eigenvalue weighted by atomic mass is 9.87. The second kappa shape index (κ2) is 7.29. The minimum absolute atomic E-state index is 0.0396. The molecule has 0 aliphatic carbocycles. The highest BCUT2D eigenvalue weighted by atomic mass is 32.2. The lowest BCUT2D eigenvalue weighted by Gasteiger charge is -2.19. The molecule has 4 aromatic rings. The van der Waals surface area contributed by atoms with E-state index in [2.05, 4.69) is 30.5 Å². The molecule has 30 heavy (non-hydrogen) atoms. The van der Waals surface area contributed by atoms with Crippen molar-refractivity contribution in [1.82, 2.24) is 4.98 Å². The van der Waals surface area contributed by atoms with E-state index in [9.17, 15) is 8.42 Å². The molecule has 5 nitrogen and oxygen atoms in total. The van der Waals surface area contributed by atoms with Gasteiger partial charge < -0.3 is 4.42 Å². The maximum Gasteiger partial charge on any atom is 0.261 e. The number of hydrogen-bond acceptors (Lipinski definition) is 4. The van der Waals surface area contributed by atoms with Crippen LogP contribution < -0.4 is 4.72 Å². The maximum atomic E-state index is 12.8. The minimum Gasteiger partial charge on any atom is -0.436 e. The van der Waals surface area contributed by atoms with Gasteiger partial charge >= 0.3 is 0 Å². The Morgan fingerprint density at radius 2 is 1.67 bits per heavy atom. The van der Waals surface area contributed by atoms with Crippen LogP contribution in [0.3, 0.4) is 0 Å². The molecule has 0 aliphatic heterocycles. The smallest absolute Gasteiger partial charge is 0.261 e. The zero-order valence-electron chi connectivity index (χ0n) is 17.4. The van der Waals surface area contributed by atoms with Crippen LogP contribution in [-0.4, -0.2) is 13.4 Å². The van der Waals surface area contributed by atoms with Gasteiger partial charge in [-0.05, 0) is 54.3 Å². The molecule has 0 atom stereocenters.